The molecule has 3 N–H and O–H groups in total. The van der Waals surface area contributed by atoms with Gasteiger partial charge < -0.3 is 10.7 Å². The zero-order valence-corrected chi connectivity index (χ0v) is 11.8. The smallest absolute Gasteiger partial charge is 0.187 e. The predicted molar refractivity (Wildman–Crippen MR) is 85.0 cm³/mol. The predicted octanol–water partition coefficient (Wildman–Crippen LogP) is 4.19. The zero-order chi connectivity index (χ0) is 14.8. The number of hydrogen-bond acceptors (Lipinski definition) is 2. The van der Waals surface area contributed by atoms with Crippen LogP contribution >= 0.6 is 0 Å². The number of H-pyrrole nitrogens is 1. The molecule has 0 saturated carbocycles. The van der Waals surface area contributed by atoms with Crippen LogP contribution in [0.3, 0.4) is 0 Å². The summed E-state index contributed by atoms with van der Waals surface area (Å²) in [5.74, 6) is 0.827. The first kappa shape index (κ1) is 13.3. The Balaban J connectivity index is 2.01. The van der Waals surface area contributed by atoms with Crippen molar-refractivity contribution in [2.45, 2.75) is 19.4 Å². The molecule has 4 heteroatoms. The van der Waals surface area contributed by atoms with Gasteiger partial charge in [0.15, 0.2) is 5.69 Å². The zero-order valence-electron chi connectivity index (χ0n) is 11.8. The molecule has 0 aliphatic heterocycles. The van der Waals surface area contributed by atoms with E-state index >= 15 is 0 Å². The topological polar surface area (TPSA) is 59.1 Å². The van der Waals surface area contributed by atoms with Gasteiger partial charge in [-0.2, -0.15) is 0 Å². The second kappa shape index (κ2) is 5.39. The highest BCUT2D eigenvalue weighted by Crippen LogP contribution is 2.26. The second-order valence-corrected chi connectivity index (χ2v) is 5.03. The highest BCUT2D eigenvalue weighted by atomic mass is 15.0. The molecule has 1 heterocycles. The first-order valence-electron chi connectivity index (χ1n) is 6.94. The normalized spacial score (nSPS) is 12.2. The monoisotopic (exact) mass is 276 g/mol. The first-order chi connectivity index (χ1) is 10.2. The number of aromatic amines is 1. The third kappa shape index (κ3) is 2.51. The quantitative estimate of drug-likeness (QED) is 0.705. The molecule has 0 saturated heterocycles. The molecule has 0 radical (unpaired) electrons. The van der Waals surface area contributed by atoms with Gasteiger partial charge in [0.2, 0.25) is 0 Å². The Morgan fingerprint density at radius 3 is 2.57 bits per heavy atom. The SMILES string of the molecule is [C-]#[N+]c1ccc(-c2ccc3nc([C@@H](N)CC)[nH]c3c2)cc1. The van der Waals surface area contributed by atoms with Gasteiger partial charge in [0.25, 0.3) is 0 Å². The van der Waals surface area contributed by atoms with Crippen LogP contribution in [0.25, 0.3) is 27.0 Å². The molecule has 1 atom stereocenters. The van der Waals surface area contributed by atoms with Crippen LogP contribution in [-0.2, 0) is 0 Å². The van der Waals surface area contributed by atoms with Crippen LogP contribution in [0.1, 0.15) is 25.2 Å². The number of hydrogen-bond donors (Lipinski definition) is 2. The number of aromatic nitrogens is 2. The molecular weight excluding hydrogens is 260 g/mol. The lowest BCUT2D eigenvalue weighted by atomic mass is 10.0. The minimum absolute atomic E-state index is 0.0567. The van der Waals surface area contributed by atoms with E-state index in [0.717, 1.165) is 34.4 Å². The van der Waals surface area contributed by atoms with Crippen molar-refractivity contribution in [2.75, 3.05) is 0 Å². The maximum absolute atomic E-state index is 6.99. The van der Waals surface area contributed by atoms with E-state index in [1.807, 2.05) is 43.3 Å². The summed E-state index contributed by atoms with van der Waals surface area (Å²) in [5, 5.41) is 0. The average molecular weight is 276 g/mol. The van der Waals surface area contributed by atoms with Gasteiger partial charge in [-0.3, -0.25) is 0 Å². The van der Waals surface area contributed by atoms with Crippen LogP contribution in [-0.4, -0.2) is 9.97 Å². The van der Waals surface area contributed by atoms with E-state index in [1.165, 1.54) is 0 Å². The summed E-state index contributed by atoms with van der Waals surface area (Å²) < 4.78 is 0. The van der Waals surface area contributed by atoms with Gasteiger partial charge in [-0.25, -0.2) is 9.83 Å². The number of imidazole rings is 1. The summed E-state index contributed by atoms with van der Waals surface area (Å²) in [4.78, 5) is 11.2. The van der Waals surface area contributed by atoms with Crippen molar-refractivity contribution < 1.29 is 0 Å². The summed E-state index contributed by atoms with van der Waals surface area (Å²) in [7, 11) is 0. The lowest BCUT2D eigenvalue weighted by molar-refractivity contribution is 0.660. The molecule has 0 aliphatic rings. The van der Waals surface area contributed by atoms with E-state index in [4.69, 9.17) is 12.3 Å². The number of fused-ring (bicyclic) bond motifs is 1. The van der Waals surface area contributed by atoms with E-state index in [0.29, 0.717) is 5.69 Å². The summed E-state index contributed by atoms with van der Waals surface area (Å²) >= 11 is 0. The highest BCUT2D eigenvalue weighted by molar-refractivity contribution is 5.82. The molecule has 0 aliphatic carbocycles. The Hall–Kier alpha value is -2.64. The van der Waals surface area contributed by atoms with Crippen molar-refractivity contribution in [3.63, 3.8) is 0 Å². The average Bonchev–Trinajstić information content (AvgIpc) is 2.97. The molecule has 3 aromatic rings. The fraction of sp³-hybridized carbons (Fsp3) is 0.176. The van der Waals surface area contributed by atoms with Crippen LogP contribution in [0.2, 0.25) is 0 Å². The Morgan fingerprint density at radius 2 is 1.90 bits per heavy atom. The Kier molecular flexibility index (Phi) is 3.43. The maximum atomic E-state index is 6.99. The molecule has 0 spiro atoms. The van der Waals surface area contributed by atoms with E-state index in [-0.39, 0.29) is 6.04 Å². The number of nitrogens with zero attached hydrogens (tertiary/aromatic N) is 2. The minimum atomic E-state index is -0.0567. The van der Waals surface area contributed by atoms with Gasteiger partial charge in [-0.05, 0) is 29.7 Å². The number of benzene rings is 2. The molecular formula is C17H16N4. The minimum Gasteiger partial charge on any atom is -0.341 e. The van der Waals surface area contributed by atoms with Crippen LogP contribution in [0.4, 0.5) is 5.69 Å². The molecule has 1 aromatic heterocycles. The molecule has 0 amide bonds. The van der Waals surface area contributed by atoms with Crippen molar-refractivity contribution >= 4 is 16.7 Å². The molecule has 21 heavy (non-hydrogen) atoms. The molecule has 104 valence electrons. The van der Waals surface area contributed by atoms with Crippen LogP contribution < -0.4 is 5.73 Å². The van der Waals surface area contributed by atoms with E-state index < -0.39 is 0 Å². The summed E-state index contributed by atoms with van der Waals surface area (Å²) in [6, 6.07) is 13.6. The van der Waals surface area contributed by atoms with Crippen molar-refractivity contribution in [1.82, 2.24) is 9.97 Å². The molecule has 0 fully saturated rings. The lowest BCUT2D eigenvalue weighted by Crippen LogP contribution is -2.10. The Morgan fingerprint density at radius 1 is 1.19 bits per heavy atom. The Bertz CT molecular complexity index is 809. The number of nitrogens with one attached hydrogen (secondary N) is 1. The Labute approximate surface area is 123 Å². The van der Waals surface area contributed by atoms with Gasteiger partial charge in [0, 0.05) is 0 Å². The number of nitrogens with two attached hydrogens (primary N) is 1. The molecule has 0 bridgehead atoms. The summed E-state index contributed by atoms with van der Waals surface area (Å²) in [6.07, 6.45) is 0.852. The molecule has 0 unspecified atom stereocenters. The third-order valence-corrected chi connectivity index (χ3v) is 3.62. The van der Waals surface area contributed by atoms with Gasteiger partial charge in [-0.15, -0.1) is 0 Å². The van der Waals surface area contributed by atoms with E-state index in [2.05, 4.69) is 20.9 Å². The number of rotatable bonds is 3. The van der Waals surface area contributed by atoms with Crippen molar-refractivity contribution in [2.24, 2.45) is 5.73 Å². The van der Waals surface area contributed by atoms with E-state index in [1.54, 1.807) is 0 Å². The highest BCUT2D eigenvalue weighted by Gasteiger charge is 2.10. The van der Waals surface area contributed by atoms with Crippen molar-refractivity contribution in [3.05, 3.63) is 59.7 Å². The van der Waals surface area contributed by atoms with Gasteiger partial charge in [0.1, 0.15) is 5.82 Å². The summed E-state index contributed by atoms with van der Waals surface area (Å²) in [5.41, 5.74) is 10.8. The second-order valence-electron chi connectivity index (χ2n) is 5.03. The van der Waals surface area contributed by atoms with Gasteiger partial charge in [-0.1, -0.05) is 37.3 Å². The van der Waals surface area contributed by atoms with Crippen LogP contribution in [0.15, 0.2) is 42.5 Å². The van der Waals surface area contributed by atoms with Crippen LogP contribution in [0.5, 0.6) is 0 Å². The first-order valence-corrected chi connectivity index (χ1v) is 6.94. The molecule has 2 aromatic carbocycles. The van der Waals surface area contributed by atoms with Crippen molar-refractivity contribution in [1.29, 1.82) is 0 Å². The van der Waals surface area contributed by atoms with Gasteiger partial charge >= 0.3 is 0 Å². The maximum Gasteiger partial charge on any atom is 0.187 e. The standard InChI is InChI=1S/C17H16N4/c1-3-14(18)17-20-15-9-6-12(10-16(15)21-17)11-4-7-13(19-2)8-5-11/h4-10,14H,3,18H2,1H3,(H,20,21)/t14-/m0/s1. The van der Waals surface area contributed by atoms with Crippen LogP contribution in [0, 0.1) is 6.57 Å². The molecule has 3 rings (SSSR count). The van der Waals surface area contributed by atoms with E-state index in [9.17, 15) is 0 Å². The van der Waals surface area contributed by atoms with Gasteiger partial charge in [0.05, 0.1) is 23.6 Å². The lowest BCUT2D eigenvalue weighted by Gasteiger charge is -2.02. The fourth-order valence-corrected chi connectivity index (χ4v) is 2.31. The third-order valence-electron chi connectivity index (χ3n) is 3.62. The largest absolute Gasteiger partial charge is 0.341 e. The van der Waals surface area contributed by atoms with Crippen molar-refractivity contribution in [3.8, 4) is 11.1 Å². The summed E-state index contributed by atoms with van der Waals surface area (Å²) in [6.45, 7) is 9.03. The fourth-order valence-electron chi connectivity index (χ4n) is 2.31. The molecule has 4 nitrogen and oxygen atoms in total.